The summed E-state index contributed by atoms with van der Waals surface area (Å²) in [4.78, 5) is 26.9. The van der Waals surface area contributed by atoms with Gasteiger partial charge in [-0.15, -0.1) is 0 Å². The van der Waals surface area contributed by atoms with Crippen molar-refractivity contribution in [3.05, 3.63) is 0 Å². The monoisotopic (exact) mass is 295 g/mol. The number of nitrogens with zero attached hydrogens (tertiary/aromatic N) is 1. The fourth-order valence-electron chi connectivity index (χ4n) is 3.73. The Morgan fingerprint density at radius 3 is 2.52 bits per heavy atom. The minimum Gasteiger partial charge on any atom is -0.465 e. The maximum absolute atomic E-state index is 12.6. The molecule has 2 aliphatic rings. The molecule has 1 saturated heterocycles. The lowest BCUT2D eigenvalue weighted by molar-refractivity contribution is -0.158. The molecule has 0 bridgehead atoms. The summed E-state index contributed by atoms with van der Waals surface area (Å²) in [5.41, 5.74) is -1.03. The van der Waals surface area contributed by atoms with Gasteiger partial charge in [-0.25, -0.2) is 0 Å². The standard InChI is InChI=1S/C17H29NO3/c1-4-21-16(20)17(2,3)15(19)12-18-11-7-9-13-8-5-6-10-14(13)18/h13-14H,4-12H2,1-3H3/t13-,14-/m1/s1. The Morgan fingerprint density at radius 2 is 1.81 bits per heavy atom. The fraction of sp³-hybridized carbons (Fsp3) is 0.882. The van der Waals surface area contributed by atoms with Crippen molar-refractivity contribution in [3.63, 3.8) is 0 Å². The Labute approximate surface area is 128 Å². The summed E-state index contributed by atoms with van der Waals surface area (Å²) in [6, 6.07) is 0.550. The molecule has 4 heteroatoms. The van der Waals surface area contributed by atoms with Crippen LogP contribution in [0, 0.1) is 11.3 Å². The Kier molecular flexibility index (Phi) is 5.42. The van der Waals surface area contributed by atoms with Gasteiger partial charge in [0.2, 0.25) is 0 Å². The molecule has 0 amide bonds. The molecule has 0 aromatic rings. The van der Waals surface area contributed by atoms with E-state index in [-0.39, 0.29) is 5.78 Å². The van der Waals surface area contributed by atoms with Crippen molar-refractivity contribution in [2.24, 2.45) is 11.3 Å². The van der Waals surface area contributed by atoms with Gasteiger partial charge in [0.1, 0.15) is 5.41 Å². The van der Waals surface area contributed by atoms with Gasteiger partial charge in [-0.1, -0.05) is 12.8 Å². The van der Waals surface area contributed by atoms with Crippen LogP contribution in [0.4, 0.5) is 0 Å². The summed E-state index contributed by atoms with van der Waals surface area (Å²) in [7, 11) is 0. The maximum Gasteiger partial charge on any atom is 0.319 e. The highest BCUT2D eigenvalue weighted by Crippen LogP contribution is 2.35. The van der Waals surface area contributed by atoms with Crippen molar-refractivity contribution < 1.29 is 14.3 Å². The number of fused-ring (bicyclic) bond motifs is 1. The topological polar surface area (TPSA) is 46.6 Å². The van der Waals surface area contributed by atoms with Crippen LogP contribution in [0.2, 0.25) is 0 Å². The van der Waals surface area contributed by atoms with Crippen molar-refractivity contribution >= 4 is 11.8 Å². The number of Topliss-reactive ketones (excluding diaryl/α,β-unsaturated/α-hetero) is 1. The van der Waals surface area contributed by atoms with Gasteiger partial charge in [0.15, 0.2) is 5.78 Å². The van der Waals surface area contributed by atoms with Gasteiger partial charge in [-0.3, -0.25) is 14.5 Å². The molecule has 1 aliphatic heterocycles. The van der Waals surface area contributed by atoms with Crippen molar-refractivity contribution in [1.29, 1.82) is 0 Å². The van der Waals surface area contributed by atoms with Crippen LogP contribution in [0.1, 0.15) is 59.3 Å². The smallest absolute Gasteiger partial charge is 0.319 e. The van der Waals surface area contributed by atoms with Crippen LogP contribution in [0.25, 0.3) is 0 Å². The van der Waals surface area contributed by atoms with Gasteiger partial charge < -0.3 is 4.74 Å². The lowest BCUT2D eigenvalue weighted by Gasteiger charge is -2.44. The second-order valence-corrected chi connectivity index (χ2v) is 6.99. The van der Waals surface area contributed by atoms with Gasteiger partial charge in [0.25, 0.3) is 0 Å². The third-order valence-corrected chi connectivity index (χ3v) is 5.19. The first-order chi connectivity index (χ1) is 9.96. The van der Waals surface area contributed by atoms with Gasteiger partial charge >= 0.3 is 5.97 Å². The van der Waals surface area contributed by atoms with Crippen LogP contribution in [-0.4, -0.2) is 42.4 Å². The van der Waals surface area contributed by atoms with E-state index >= 15 is 0 Å². The van der Waals surface area contributed by atoms with E-state index in [0.29, 0.717) is 19.2 Å². The van der Waals surface area contributed by atoms with Gasteiger partial charge in [-0.05, 0) is 58.9 Å². The molecule has 1 saturated carbocycles. The Balaban J connectivity index is 1.99. The second-order valence-electron chi connectivity index (χ2n) is 6.99. The lowest BCUT2D eigenvalue weighted by Crippen LogP contribution is -2.51. The predicted octanol–water partition coefficient (Wildman–Crippen LogP) is 2.80. The summed E-state index contributed by atoms with van der Waals surface area (Å²) in [6.45, 7) is 6.86. The Hall–Kier alpha value is -0.900. The average molecular weight is 295 g/mol. The van der Waals surface area contributed by atoms with E-state index in [2.05, 4.69) is 4.90 Å². The molecule has 1 aliphatic carbocycles. The molecule has 2 fully saturated rings. The molecule has 2 atom stereocenters. The predicted molar refractivity (Wildman–Crippen MR) is 82.0 cm³/mol. The number of carbonyl (C=O) groups excluding carboxylic acids is 2. The summed E-state index contributed by atoms with van der Waals surface area (Å²) >= 11 is 0. The molecule has 0 aromatic carbocycles. The van der Waals surface area contributed by atoms with E-state index in [1.807, 2.05) is 0 Å². The Bertz CT molecular complexity index is 389. The third kappa shape index (κ3) is 3.65. The van der Waals surface area contributed by atoms with Gasteiger partial charge in [0, 0.05) is 6.04 Å². The highest BCUT2D eigenvalue weighted by Gasteiger charge is 2.40. The molecule has 0 aromatic heterocycles. The van der Waals surface area contributed by atoms with E-state index < -0.39 is 11.4 Å². The van der Waals surface area contributed by atoms with E-state index in [1.54, 1.807) is 20.8 Å². The third-order valence-electron chi connectivity index (χ3n) is 5.19. The maximum atomic E-state index is 12.6. The van der Waals surface area contributed by atoms with Gasteiger partial charge in [0.05, 0.1) is 13.2 Å². The number of esters is 1. The van der Waals surface area contributed by atoms with E-state index in [9.17, 15) is 9.59 Å². The number of hydrogen-bond donors (Lipinski definition) is 0. The number of carbonyl (C=O) groups is 2. The number of likely N-dealkylation sites (tertiary alicyclic amines) is 1. The van der Waals surface area contributed by atoms with Crippen molar-refractivity contribution in [1.82, 2.24) is 4.90 Å². The zero-order valence-corrected chi connectivity index (χ0v) is 13.7. The molecular formula is C17H29NO3. The molecular weight excluding hydrogens is 266 g/mol. The molecule has 21 heavy (non-hydrogen) atoms. The summed E-state index contributed by atoms with van der Waals surface area (Å²) in [6.07, 6.45) is 7.59. The quantitative estimate of drug-likeness (QED) is 0.578. The summed E-state index contributed by atoms with van der Waals surface area (Å²) < 4.78 is 5.05. The summed E-state index contributed by atoms with van der Waals surface area (Å²) in [5, 5.41) is 0. The first-order valence-electron chi connectivity index (χ1n) is 8.41. The molecule has 0 unspecified atom stereocenters. The Morgan fingerprint density at radius 1 is 1.14 bits per heavy atom. The van der Waals surface area contributed by atoms with Crippen LogP contribution in [0.5, 0.6) is 0 Å². The molecule has 0 N–H and O–H groups in total. The van der Waals surface area contributed by atoms with Gasteiger partial charge in [-0.2, -0.15) is 0 Å². The normalized spacial score (nSPS) is 27.0. The number of ether oxygens (including phenoxy) is 1. The van der Waals surface area contributed by atoms with Crippen molar-refractivity contribution in [2.75, 3.05) is 19.7 Å². The van der Waals surface area contributed by atoms with E-state index in [1.165, 1.54) is 38.5 Å². The van der Waals surface area contributed by atoms with Crippen LogP contribution >= 0.6 is 0 Å². The highest BCUT2D eigenvalue weighted by atomic mass is 16.5. The minimum atomic E-state index is -1.03. The second kappa shape index (κ2) is 6.91. The molecule has 2 rings (SSSR count). The summed E-state index contributed by atoms with van der Waals surface area (Å²) in [5.74, 6) is 0.352. The molecule has 1 heterocycles. The zero-order valence-electron chi connectivity index (χ0n) is 13.7. The fourth-order valence-corrected chi connectivity index (χ4v) is 3.73. The first-order valence-corrected chi connectivity index (χ1v) is 8.41. The number of piperidine rings is 1. The van der Waals surface area contributed by atoms with Crippen LogP contribution in [0.3, 0.4) is 0 Å². The molecule has 120 valence electrons. The van der Waals surface area contributed by atoms with Crippen LogP contribution < -0.4 is 0 Å². The molecule has 0 radical (unpaired) electrons. The molecule has 4 nitrogen and oxygen atoms in total. The van der Waals surface area contributed by atoms with Crippen LogP contribution in [-0.2, 0) is 14.3 Å². The number of ketones is 1. The average Bonchev–Trinajstić information content (AvgIpc) is 2.47. The van der Waals surface area contributed by atoms with E-state index in [0.717, 1.165) is 12.5 Å². The minimum absolute atomic E-state index is 0.00725. The largest absolute Gasteiger partial charge is 0.465 e. The highest BCUT2D eigenvalue weighted by molar-refractivity contribution is 6.03. The number of rotatable bonds is 5. The SMILES string of the molecule is CCOC(=O)C(C)(C)C(=O)CN1CCC[C@H]2CCCC[C@H]21. The van der Waals surface area contributed by atoms with Crippen LogP contribution in [0.15, 0.2) is 0 Å². The van der Waals surface area contributed by atoms with Crippen molar-refractivity contribution in [3.8, 4) is 0 Å². The van der Waals surface area contributed by atoms with Crippen molar-refractivity contribution in [2.45, 2.75) is 65.3 Å². The number of hydrogen-bond acceptors (Lipinski definition) is 4. The zero-order chi connectivity index (χ0) is 15.5. The first kappa shape index (κ1) is 16.5. The molecule has 0 spiro atoms. The lowest BCUT2D eigenvalue weighted by atomic mass is 9.77. The van der Waals surface area contributed by atoms with E-state index in [4.69, 9.17) is 4.74 Å².